The van der Waals surface area contributed by atoms with Gasteiger partial charge in [-0.05, 0) is 50.5 Å². The third kappa shape index (κ3) is 5.41. The molecule has 140 valence electrons. The normalized spacial score (nSPS) is 18.9. The van der Waals surface area contributed by atoms with Crippen molar-refractivity contribution in [2.75, 3.05) is 26.3 Å². The molecule has 2 rings (SSSR count). The van der Waals surface area contributed by atoms with E-state index >= 15 is 0 Å². The minimum absolute atomic E-state index is 0.160. The molecule has 25 heavy (non-hydrogen) atoms. The molecule has 6 nitrogen and oxygen atoms in total. The Morgan fingerprint density at radius 3 is 2.72 bits per heavy atom. The molecule has 0 saturated carbocycles. The average molecular weight is 389 g/mol. The van der Waals surface area contributed by atoms with E-state index in [-0.39, 0.29) is 10.8 Å². The van der Waals surface area contributed by atoms with Crippen molar-refractivity contribution in [3.05, 3.63) is 29.3 Å². The maximum Gasteiger partial charge on any atom is 0.243 e. The SMILES string of the molecule is CCOCCCNC(=O)C1CCCCN1S(=O)(=O)c1ccc(Cl)cc1. The van der Waals surface area contributed by atoms with E-state index in [1.165, 1.54) is 16.4 Å². The first-order valence-electron chi connectivity index (χ1n) is 8.59. The van der Waals surface area contributed by atoms with Gasteiger partial charge >= 0.3 is 0 Å². The molecule has 1 unspecified atom stereocenters. The van der Waals surface area contributed by atoms with Gasteiger partial charge < -0.3 is 10.1 Å². The zero-order chi connectivity index (χ0) is 18.3. The maximum absolute atomic E-state index is 12.9. The molecule has 0 aromatic heterocycles. The topological polar surface area (TPSA) is 75.7 Å². The van der Waals surface area contributed by atoms with Crippen LogP contribution < -0.4 is 5.32 Å². The van der Waals surface area contributed by atoms with E-state index < -0.39 is 16.1 Å². The number of piperidine rings is 1. The second-order valence-corrected chi connectivity index (χ2v) is 8.25. The van der Waals surface area contributed by atoms with E-state index in [4.69, 9.17) is 16.3 Å². The van der Waals surface area contributed by atoms with Crippen LogP contribution in [0.15, 0.2) is 29.2 Å². The van der Waals surface area contributed by atoms with E-state index in [9.17, 15) is 13.2 Å². The molecule has 1 aliphatic heterocycles. The fraction of sp³-hybridized carbons (Fsp3) is 0.588. The number of amides is 1. The number of benzene rings is 1. The molecule has 1 saturated heterocycles. The second-order valence-electron chi connectivity index (χ2n) is 5.92. The van der Waals surface area contributed by atoms with Gasteiger partial charge in [0.1, 0.15) is 6.04 Å². The summed E-state index contributed by atoms with van der Waals surface area (Å²) in [5.74, 6) is -0.242. The van der Waals surface area contributed by atoms with E-state index in [2.05, 4.69) is 5.32 Å². The number of carbonyl (C=O) groups is 1. The standard InChI is InChI=1S/C17H25ClN2O4S/c1-2-24-13-5-11-19-17(21)16-6-3-4-12-20(16)25(22,23)15-9-7-14(18)8-10-15/h7-10,16H,2-6,11-13H2,1H3,(H,19,21). The monoisotopic (exact) mass is 388 g/mol. The van der Waals surface area contributed by atoms with Gasteiger partial charge in [0.2, 0.25) is 15.9 Å². The van der Waals surface area contributed by atoms with Crippen LogP contribution in [-0.2, 0) is 19.6 Å². The van der Waals surface area contributed by atoms with Crippen LogP contribution in [0.4, 0.5) is 0 Å². The van der Waals surface area contributed by atoms with Crippen molar-refractivity contribution in [3.63, 3.8) is 0 Å². The highest BCUT2D eigenvalue weighted by molar-refractivity contribution is 7.89. The Morgan fingerprint density at radius 1 is 1.32 bits per heavy atom. The first-order valence-corrected chi connectivity index (χ1v) is 10.4. The number of sulfonamides is 1. The summed E-state index contributed by atoms with van der Waals surface area (Å²) in [6, 6.07) is 5.37. The van der Waals surface area contributed by atoms with E-state index in [1.807, 2.05) is 6.92 Å². The molecule has 1 heterocycles. The average Bonchev–Trinajstić information content (AvgIpc) is 2.62. The third-order valence-electron chi connectivity index (χ3n) is 4.15. The Morgan fingerprint density at radius 2 is 2.04 bits per heavy atom. The summed E-state index contributed by atoms with van der Waals surface area (Å²) in [5.41, 5.74) is 0. The van der Waals surface area contributed by atoms with Crippen molar-refractivity contribution in [1.29, 1.82) is 0 Å². The molecule has 1 fully saturated rings. The van der Waals surface area contributed by atoms with Crippen molar-refractivity contribution in [2.24, 2.45) is 0 Å². The van der Waals surface area contributed by atoms with Crippen LogP contribution in [0.1, 0.15) is 32.6 Å². The first kappa shape index (κ1) is 20.2. The number of hydrogen-bond donors (Lipinski definition) is 1. The predicted octanol–water partition coefficient (Wildman–Crippen LogP) is 2.43. The summed E-state index contributed by atoms with van der Waals surface area (Å²) >= 11 is 5.84. The lowest BCUT2D eigenvalue weighted by Gasteiger charge is -2.33. The molecule has 1 aliphatic rings. The molecular formula is C17H25ClN2O4S. The van der Waals surface area contributed by atoms with Crippen LogP contribution in [0.5, 0.6) is 0 Å². The van der Waals surface area contributed by atoms with Crippen molar-refractivity contribution in [3.8, 4) is 0 Å². The van der Waals surface area contributed by atoms with Gasteiger partial charge in [0.25, 0.3) is 0 Å². The van der Waals surface area contributed by atoms with E-state index in [1.54, 1.807) is 12.1 Å². The lowest BCUT2D eigenvalue weighted by atomic mass is 10.0. The van der Waals surface area contributed by atoms with Crippen LogP contribution in [0, 0.1) is 0 Å². The highest BCUT2D eigenvalue weighted by atomic mass is 35.5. The van der Waals surface area contributed by atoms with Gasteiger partial charge in [0.15, 0.2) is 0 Å². The van der Waals surface area contributed by atoms with Crippen LogP contribution in [-0.4, -0.2) is 51.0 Å². The van der Waals surface area contributed by atoms with E-state index in [0.717, 1.165) is 12.8 Å². The highest BCUT2D eigenvalue weighted by Crippen LogP contribution is 2.26. The fourth-order valence-electron chi connectivity index (χ4n) is 2.84. The lowest BCUT2D eigenvalue weighted by Crippen LogP contribution is -2.51. The number of halogens is 1. The van der Waals surface area contributed by atoms with Crippen LogP contribution in [0.2, 0.25) is 5.02 Å². The number of hydrogen-bond acceptors (Lipinski definition) is 4. The molecule has 0 aliphatic carbocycles. The zero-order valence-electron chi connectivity index (χ0n) is 14.4. The molecule has 1 N–H and O–H groups in total. The Labute approximate surface area is 154 Å². The predicted molar refractivity (Wildman–Crippen MR) is 97.1 cm³/mol. The molecule has 1 amide bonds. The van der Waals surface area contributed by atoms with Crippen molar-refractivity contribution < 1.29 is 17.9 Å². The minimum atomic E-state index is -3.72. The fourth-order valence-corrected chi connectivity index (χ4v) is 4.63. The Balaban J connectivity index is 2.06. The number of ether oxygens (including phenoxy) is 1. The Bertz CT molecular complexity index is 664. The van der Waals surface area contributed by atoms with Gasteiger partial charge in [-0.15, -0.1) is 0 Å². The summed E-state index contributed by atoms with van der Waals surface area (Å²) < 4.78 is 32.4. The lowest BCUT2D eigenvalue weighted by molar-refractivity contribution is -0.125. The maximum atomic E-state index is 12.9. The van der Waals surface area contributed by atoms with E-state index in [0.29, 0.717) is 44.2 Å². The highest BCUT2D eigenvalue weighted by Gasteiger charge is 2.37. The largest absolute Gasteiger partial charge is 0.382 e. The quantitative estimate of drug-likeness (QED) is 0.694. The molecular weight excluding hydrogens is 364 g/mol. The summed E-state index contributed by atoms with van der Waals surface area (Å²) in [6.45, 7) is 3.96. The van der Waals surface area contributed by atoms with Gasteiger partial charge in [-0.3, -0.25) is 4.79 Å². The van der Waals surface area contributed by atoms with Crippen LogP contribution in [0.3, 0.4) is 0 Å². The summed E-state index contributed by atoms with van der Waals surface area (Å²) in [4.78, 5) is 12.7. The number of nitrogens with zero attached hydrogens (tertiary/aromatic N) is 1. The van der Waals surface area contributed by atoms with Crippen molar-refractivity contribution in [1.82, 2.24) is 9.62 Å². The second kappa shape index (κ2) is 9.52. The van der Waals surface area contributed by atoms with Gasteiger partial charge in [-0.2, -0.15) is 4.31 Å². The smallest absolute Gasteiger partial charge is 0.243 e. The van der Waals surface area contributed by atoms with Crippen molar-refractivity contribution in [2.45, 2.75) is 43.5 Å². The molecule has 1 aromatic rings. The molecule has 8 heteroatoms. The first-order chi connectivity index (χ1) is 12.0. The molecule has 1 atom stereocenters. The number of nitrogens with one attached hydrogen (secondary N) is 1. The van der Waals surface area contributed by atoms with Crippen molar-refractivity contribution >= 4 is 27.5 Å². The zero-order valence-corrected chi connectivity index (χ0v) is 16.0. The third-order valence-corrected chi connectivity index (χ3v) is 6.32. The van der Waals surface area contributed by atoms with Crippen LogP contribution >= 0.6 is 11.6 Å². The number of rotatable bonds is 8. The summed E-state index contributed by atoms with van der Waals surface area (Å²) in [5, 5.41) is 3.30. The summed E-state index contributed by atoms with van der Waals surface area (Å²) in [7, 11) is -3.72. The van der Waals surface area contributed by atoms with Gasteiger partial charge in [-0.1, -0.05) is 18.0 Å². The molecule has 0 bridgehead atoms. The Kier molecular flexibility index (Phi) is 7.68. The summed E-state index contributed by atoms with van der Waals surface area (Å²) in [6.07, 6.45) is 2.82. The molecule has 0 spiro atoms. The van der Waals surface area contributed by atoms with Gasteiger partial charge in [0.05, 0.1) is 4.90 Å². The number of carbonyl (C=O) groups excluding carboxylic acids is 1. The van der Waals surface area contributed by atoms with Gasteiger partial charge in [-0.25, -0.2) is 8.42 Å². The van der Waals surface area contributed by atoms with Crippen LogP contribution in [0.25, 0.3) is 0 Å². The molecule has 1 aromatic carbocycles. The molecule has 0 radical (unpaired) electrons. The minimum Gasteiger partial charge on any atom is -0.382 e. The van der Waals surface area contributed by atoms with Gasteiger partial charge in [0, 0.05) is 31.3 Å². The Hall–Kier alpha value is -1.15.